The molecule has 1 aliphatic heterocycles. The largest absolute Gasteiger partial charge is 0.444 e. The monoisotopic (exact) mass is 527 g/mol. The summed E-state index contributed by atoms with van der Waals surface area (Å²) in [6.45, 7) is 6.90. The highest BCUT2D eigenvalue weighted by atomic mass is 19.4. The first-order valence-corrected chi connectivity index (χ1v) is 12.2. The second kappa shape index (κ2) is 9.07. The number of amides is 2. The number of hydrogen-bond acceptors (Lipinski definition) is 4. The number of fused-ring (bicyclic) bond motifs is 3. The summed E-state index contributed by atoms with van der Waals surface area (Å²) in [7, 11) is 1.76. The maximum Gasteiger partial charge on any atom is 0.416 e. The Bertz CT molecular complexity index is 1520. The van der Waals surface area contributed by atoms with Crippen molar-refractivity contribution >= 4 is 33.9 Å². The van der Waals surface area contributed by atoms with Gasteiger partial charge < -0.3 is 15.0 Å². The number of aryl methyl sites for hydroxylation is 1. The van der Waals surface area contributed by atoms with Gasteiger partial charge in [0, 0.05) is 60.8 Å². The molecule has 1 fully saturated rings. The first-order valence-electron chi connectivity index (χ1n) is 12.2. The Morgan fingerprint density at radius 2 is 1.74 bits per heavy atom. The fourth-order valence-electron chi connectivity index (χ4n) is 4.61. The average Bonchev–Trinajstić information content (AvgIpc) is 3.30. The van der Waals surface area contributed by atoms with Crippen LogP contribution in [0.25, 0.3) is 27.6 Å². The number of carbonyl (C=O) groups is 2. The van der Waals surface area contributed by atoms with Crippen LogP contribution in [0.2, 0.25) is 0 Å². The summed E-state index contributed by atoms with van der Waals surface area (Å²) in [4.78, 5) is 26.6. The van der Waals surface area contributed by atoms with Crippen LogP contribution in [0.4, 0.5) is 18.0 Å². The van der Waals surface area contributed by atoms with E-state index in [-0.39, 0.29) is 17.9 Å². The van der Waals surface area contributed by atoms with Crippen molar-refractivity contribution in [2.24, 2.45) is 13.0 Å². The number of nitrogens with one attached hydrogen (secondary N) is 1. The summed E-state index contributed by atoms with van der Waals surface area (Å²) in [6.07, 6.45) is -2.96. The second-order valence-electron chi connectivity index (χ2n) is 10.6. The van der Waals surface area contributed by atoms with E-state index in [0.29, 0.717) is 36.5 Å². The van der Waals surface area contributed by atoms with Gasteiger partial charge in [0.2, 0.25) is 0 Å². The number of hydrogen-bond donors (Lipinski definition) is 1. The first-order chi connectivity index (χ1) is 17.8. The van der Waals surface area contributed by atoms with Crippen LogP contribution in [0.3, 0.4) is 0 Å². The van der Waals surface area contributed by atoms with Crippen LogP contribution in [0.15, 0.2) is 48.7 Å². The van der Waals surface area contributed by atoms with Crippen LogP contribution >= 0.6 is 0 Å². The number of halogens is 3. The number of ether oxygens (including phenoxy) is 1. The van der Waals surface area contributed by atoms with Gasteiger partial charge in [0.1, 0.15) is 5.60 Å². The summed E-state index contributed by atoms with van der Waals surface area (Å²) in [5, 5.41) is 8.99. The number of nitrogens with zero attached hydrogens (tertiary/aromatic N) is 4. The van der Waals surface area contributed by atoms with Gasteiger partial charge >= 0.3 is 12.3 Å². The van der Waals surface area contributed by atoms with Crippen molar-refractivity contribution in [3.8, 4) is 5.69 Å². The van der Waals surface area contributed by atoms with Gasteiger partial charge in [-0.15, -0.1) is 0 Å². The molecule has 8 nitrogen and oxygen atoms in total. The van der Waals surface area contributed by atoms with Gasteiger partial charge in [-0.05, 0) is 63.2 Å². The maximum atomic E-state index is 13.1. The van der Waals surface area contributed by atoms with Crippen molar-refractivity contribution in [3.63, 3.8) is 0 Å². The zero-order valence-electron chi connectivity index (χ0n) is 21.5. The molecule has 11 heteroatoms. The second-order valence-corrected chi connectivity index (χ2v) is 10.6. The number of carbonyl (C=O) groups excluding carboxylic acids is 2. The van der Waals surface area contributed by atoms with E-state index in [9.17, 15) is 22.8 Å². The van der Waals surface area contributed by atoms with E-state index in [4.69, 9.17) is 4.74 Å². The lowest BCUT2D eigenvalue weighted by molar-refractivity contribution is -0.137. The average molecular weight is 528 g/mol. The number of benzene rings is 2. The molecule has 1 N–H and O–H groups in total. The quantitative estimate of drug-likeness (QED) is 0.399. The molecule has 0 bridgehead atoms. The van der Waals surface area contributed by atoms with Gasteiger partial charge in [-0.2, -0.15) is 18.3 Å². The van der Waals surface area contributed by atoms with Crippen molar-refractivity contribution in [3.05, 3.63) is 59.8 Å². The zero-order valence-corrected chi connectivity index (χ0v) is 21.5. The lowest BCUT2D eigenvalue weighted by Gasteiger charge is -2.39. The van der Waals surface area contributed by atoms with E-state index < -0.39 is 17.3 Å². The van der Waals surface area contributed by atoms with Gasteiger partial charge in [0.05, 0.1) is 11.1 Å². The fraction of sp³-hybridized carbons (Fsp3) is 0.370. The molecule has 200 valence electrons. The summed E-state index contributed by atoms with van der Waals surface area (Å²) < 4.78 is 48.0. The minimum atomic E-state index is -4.42. The third kappa shape index (κ3) is 4.92. The van der Waals surface area contributed by atoms with E-state index in [1.807, 2.05) is 27.0 Å². The molecule has 1 saturated heterocycles. The molecular weight excluding hydrogens is 499 g/mol. The molecule has 1 aliphatic rings. The van der Waals surface area contributed by atoms with Gasteiger partial charge in [-0.1, -0.05) is 0 Å². The summed E-state index contributed by atoms with van der Waals surface area (Å²) in [5.41, 5.74) is 1.02. The maximum absolute atomic E-state index is 13.1. The molecule has 2 aromatic heterocycles. The third-order valence-corrected chi connectivity index (χ3v) is 6.42. The van der Waals surface area contributed by atoms with Crippen LogP contribution in [-0.4, -0.2) is 56.5 Å². The first kappa shape index (κ1) is 25.6. The minimum Gasteiger partial charge on any atom is -0.444 e. The zero-order chi connectivity index (χ0) is 27.4. The molecule has 0 spiro atoms. The molecule has 3 heterocycles. The van der Waals surface area contributed by atoms with Crippen molar-refractivity contribution < 1.29 is 27.5 Å². The molecule has 0 radical (unpaired) electrons. The molecule has 0 saturated carbocycles. The molecule has 38 heavy (non-hydrogen) atoms. The smallest absolute Gasteiger partial charge is 0.416 e. The highest BCUT2D eigenvalue weighted by molar-refractivity contribution is 6.10. The Kier molecular flexibility index (Phi) is 6.12. The van der Waals surface area contributed by atoms with E-state index in [1.165, 1.54) is 12.1 Å². The van der Waals surface area contributed by atoms with Crippen LogP contribution < -0.4 is 5.32 Å². The number of likely N-dealkylation sites (tertiary alicyclic amines) is 1. The van der Waals surface area contributed by atoms with Crippen molar-refractivity contribution in [2.45, 2.75) is 32.5 Å². The van der Waals surface area contributed by atoms with Gasteiger partial charge in [0.25, 0.3) is 5.91 Å². The fourth-order valence-corrected chi connectivity index (χ4v) is 4.61. The van der Waals surface area contributed by atoms with Gasteiger partial charge in [-0.25, -0.2) is 4.79 Å². The highest BCUT2D eigenvalue weighted by Crippen LogP contribution is 2.34. The molecule has 5 rings (SSSR count). The van der Waals surface area contributed by atoms with Crippen molar-refractivity contribution in [1.82, 2.24) is 24.6 Å². The molecule has 0 unspecified atom stereocenters. The Labute approximate surface area is 216 Å². The molecule has 4 aromatic rings. The summed E-state index contributed by atoms with van der Waals surface area (Å²) >= 11 is 0. The van der Waals surface area contributed by atoms with E-state index in [2.05, 4.69) is 10.4 Å². The van der Waals surface area contributed by atoms with Crippen LogP contribution in [0, 0.1) is 5.92 Å². The molecular formula is C27H28F3N5O3. The Morgan fingerprint density at radius 1 is 1.05 bits per heavy atom. The number of rotatable bonds is 4. The summed E-state index contributed by atoms with van der Waals surface area (Å²) in [6, 6.07) is 10.1. The highest BCUT2D eigenvalue weighted by Gasteiger charge is 2.34. The van der Waals surface area contributed by atoms with Crippen molar-refractivity contribution in [2.75, 3.05) is 19.6 Å². The SMILES string of the molecule is Cn1cc2c3cc(C(=O)NCC4CN(C(=O)OC(C)(C)C)C4)ccc3n(-c3ccc(C(F)(F)F)cc3)c2n1. The topological polar surface area (TPSA) is 81.4 Å². The lowest BCUT2D eigenvalue weighted by atomic mass is 10.0. The van der Waals surface area contributed by atoms with E-state index in [0.717, 1.165) is 28.4 Å². The standard InChI is InChI=1S/C27H28F3N5O3/c1-26(2,3)38-25(37)34-13-16(14-34)12-31-24(36)17-5-10-22-20(11-17)21-15-33(4)32-23(21)35(22)19-8-6-18(7-9-19)27(28,29)30/h5-11,15-16H,12-14H2,1-4H3,(H,31,36). The third-order valence-electron chi connectivity index (χ3n) is 6.42. The van der Waals surface area contributed by atoms with Crippen LogP contribution in [0.5, 0.6) is 0 Å². The normalized spacial score (nSPS) is 14.7. The summed E-state index contributed by atoms with van der Waals surface area (Å²) in [5.74, 6) is -0.108. The van der Waals surface area contributed by atoms with Gasteiger partial charge in [0.15, 0.2) is 5.65 Å². The number of aromatic nitrogens is 3. The lowest BCUT2D eigenvalue weighted by Crippen LogP contribution is -2.54. The molecule has 0 atom stereocenters. The minimum absolute atomic E-state index is 0.140. The predicted molar refractivity (Wildman–Crippen MR) is 136 cm³/mol. The Balaban J connectivity index is 1.34. The number of alkyl halides is 3. The predicted octanol–water partition coefficient (Wildman–Crippen LogP) is 5.13. The molecule has 0 aliphatic carbocycles. The van der Waals surface area contributed by atoms with Crippen molar-refractivity contribution in [1.29, 1.82) is 0 Å². The van der Waals surface area contributed by atoms with Crippen LogP contribution in [0.1, 0.15) is 36.7 Å². The van der Waals surface area contributed by atoms with Crippen LogP contribution in [-0.2, 0) is 18.0 Å². The van der Waals surface area contributed by atoms with Gasteiger partial charge in [-0.3, -0.25) is 14.0 Å². The molecule has 2 aromatic carbocycles. The van der Waals surface area contributed by atoms with E-state index in [1.54, 1.807) is 39.4 Å². The Morgan fingerprint density at radius 3 is 2.37 bits per heavy atom. The van der Waals surface area contributed by atoms with E-state index >= 15 is 0 Å². The molecule has 2 amide bonds. The Hall–Kier alpha value is -4.02.